The van der Waals surface area contributed by atoms with Gasteiger partial charge in [-0.05, 0) is 34.6 Å². The number of phenols is 1. The van der Waals surface area contributed by atoms with Gasteiger partial charge in [-0.3, -0.25) is 0 Å². The smallest absolute Gasteiger partial charge is 0.294 e. The van der Waals surface area contributed by atoms with Crippen LogP contribution in [0.3, 0.4) is 0 Å². The minimum atomic E-state index is 0.243. The molecule has 3 aromatic heterocycles. The Kier molecular flexibility index (Phi) is 3.61. The summed E-state index contributed by atoms with van der Waals surface area (Å²) in [6.45, 7) is 0. The number of hydrogen-bond donors (Lipinski definition) is 1. The minimum absolute atomic E-state index is 0.243. The number of benzene rings is 2. The first-order valence-corrected chi connectivity index (χ1v) is 9.22. The molecule has 0 aliphatic rings. The summed E-state index contributed by atoms with van der Waals surface area (Å²) < 4.78 is 12.7. The van der Waals surface area contributed by atoms with E-state index in [0.717, 1.165) is 16.1 Å². The Morgan fingerprint density at radius 2 is 2.04 bits per heavy atom. The lowest BCUT2D eigenvalue weighted by molar-refractivity contribution is 0.405. The minimum Gasteiger partial charge on any atom is -0.507 e. The SMILES string of the molecule is COc1nn2cc(-c3cc4c(O)c(Cc5ccccc5)ccc4o3)nc2s1. The molecule has 1 N–H and O–H groups in total. The van der Waals surface area contributed by atoms with Gasteiger partial charge in [0.05, 0.1) is 18.7 Å². The maximum Gasteiger partial charge on any atom is 0.294 e. The maximum absolute atomic E-state index is 10.7. The topological polar surface area (TPSA) is 72.8 Å². The molecule has 0 aliphatic carbocycles. The summed E-state index contributed by atoms with van der Waals surface area (Å²) in [7, 11) is 1.58. The Morgan fingerprint density at radius 3 is 2.81 bits per heavy atom. The van der Waals surface area contributed by atoms with Gasteiger partial charge in [0.2, 0.25) is 4.96 Å². The number of aromatic nitrogens is 3. The van der Waals surface area contributed by atoms with E-state index in [0.29, 0.717) is 34.0 Å². The van der Waals surface area contributed by atoms with Gasteiger partial charge in [-0.15, -0.1) is 5.10 Å². The van der Waals surface area contributed by atoms with Crippen molar-refractivity contribution in [3.05, 3.63) is 65.9 Å². The van der Waals surface area contributed by atoms with Crippen LogP contribution in [0.15, 0.2) is 59.1 Å². The van der Waals surface area contributed by atoms with Crippen molar-refractivity contribution in [2.45, 2.75) is 6.42 Å². The number of imidazole rings is 1. The quantitative estimate of drug-likeness (QED) is 0.499. The first-order valence-electron chi connectivity index (χ1n) is 8.40. The second kappa shape index (κ2) is 6.14. The van der Waals surface area contributed by atoms with E-state index < -0.39 is 0 Å². The molecule has 0 aliphatic heterocycles. The van der Waals surface area contributed by atoms with Crippen LogP contribution < -0.4 is 4.74 Å². The van der Waals surface area contributed by atoms with Crippen molar-refractivity contribution in [1.29, 1.82) is 0 Å². The molecule has 0 radical (unpaired) electrons. The summed E-state index contributed by atoms with van der Waals surface area (Å²) in [4.78, 5) is 5.25. The second-order valence-corrected chi connectivity index (χ2v) is 7.10. The molecular formula is C20H15N3O3S. The zero-order valence-electron chi connectivity index (χ0n) is 14.4. The van der Waals surface area contributed by atoms with Crippen LogP contribution in [-0.4, -0.2) is 26.8 Å². The summed E-state index contributed by atoms with van der Waals surface area (Å²) in [6.07, 6.45) is 2.45. The third-order valence-corrected chi connectivity index (χ3v) is 5.33. The van der Waals surface area contributed by atoms with E-state index in [-0.39, 0.29) is 5.75 Å². The molecule has 0 atom stereocenters. The van der Waals surface area contributed by atoms with E-state index in [2.05, 4.69) is 10.1 Å². The van der Waals surface area contributed by atoms with Crippen molar-refractivity contribution in [3.63, 3.8) is 0 Å². The molecule has 0 fully saturated rings. The average molecular weight is 377 g/mol. The number of nitrogens with zero attached hydrogens (tertiary/aromatic N) is 3. The van der Waals surface area contributed by atoms with E-state index in [9.17, 15) is 5.11 Å². The zero-order valence-corrected chi connectivity index (χ0v) is 15.2. The Morgan fingerprint density at radius 1 is 1.19 bits per heavy atom. The lowest BCUT2D eigenvalue weighted by Crippen LogP contribution is -1.88. The van der Waals surface area contributed by atoms with Gasteiger partial charge in [-0.2, -0.15) is 0 Å². The summed E-state index contributed by atoms with van der Waals surface area (Å²) in [5, 5.41) is 16.2. The molecule has 0 unspecified atom stereocenters. The molecule has 7 heteroatoms. The highest BCUT2D eigenvalue weighted by atomic mass is 32.1. The second-order valence-electron chi connectivity index (χ2n) is 6.18. The Balaban J connectivity index is 1.54. The highest BCUT2D eigenvalue weighted by Crippen LogP contribution is 2.36. The summed E-state index contributed by atoms with van der Waals surface area (Å²) in [6, 6.07) is 15.7. The molecular weight excluding hydrogens is 362 g/mol. The monoisotopic (exact) mass is 377 g/mol. The van der Waals surface area contributed by atoms with Crippen LogP contribution in [0.4, 0.5) is 0 Å². The van der Waals surface area contributed by atoms with Crippen molar-refractivity contribution in [3.8, 4) is 22.4 Å². The predicted octanol–water partition coefficient (Wildman–Crippen LogP) is 4.51. The Labute approximate surface area is 158 Å². The molecule has 3 heterocycles. The molecule has 134 valence electrons. The van der Waals surface area contributed by atoms with E-state index in [1.54, 1.807) is 17.8 Å². The van der Waals surface area contributed by atoms with Crippen molar-refractivity contribution in [2.75, 3.05) is 7.11 Å². The molecule has 27 heavy (non-hydrogen) atoms. The highest BCUT2D eigenvalue weighted by molar-refractivity contribution is 7.18. The molecule has 5 aromatic rings. The lowest BCUT2D eigenvalue weighted by atomic mass is 10.0. The first-order chi connectivity index (χ1) is 13.2. The van der Waals surface area contributed by atoms with E-state index >= 15 is 0 Å². The fourth-order valence-corrected chi connectivity index (χ4v) is 3.81. The maximum atomic E-state index is 10.7. The van der Waals surface area contributed by atoms with Gasteiger partial charge in [0, 0.05) is 6.42 Å². The van der Waals surface area contributed by atoms with Crippen molar-refractivity contribution in [1.82, 2.24) is 14.6 Å². The molecule has 0 spiro atoms. The molecule has 6 nitrogen and oxygen atoms in total. The lowest BCUT2D eigenvalue weighted by Gasteiger charge is -2.05. The van der Waals surface area contributed by atoms with Crippen LogP contribution in [-0.2, 0) is 6.42 Å². The van der Waals surface area contributed by atoms with E-state index in [1.165, 1.54) is 11.3 Å². The largest absolute Gasteiger partial charge is 0.507 e. The van der Waals surface area contributed by atoms with Gasteiger partial charge in [0.25, 0.3) is 5.19 Å². The average Bonchev–Trinajstić information content (AvgIpc) is 3.37. The summed E-state index contributed by atoms with van der Waals surface area (Å²) in [5.41, 5.74) is 3.29. The van der Waals surface area contributed by atoms with Gasteiger partial charge < -0.3 is 14.3 Å². The first kappa shape index (κ1) is 15.9. The number of furan rings is 1. The van der Waals surface area contributed by atoms with Crippen molar-refractivity contribution < 1.29 is 14.3 Å². The predicted molar refractivity (Wildman–Crippen MR) is 104 cm³/mol. The number of ether oxygens (including phenoxy) is 1. The van der Waals surface area contributed by atoms with Crippen molar-refractivity contribution in [2.24, 2.45) is 0 Å². The Bertz CT molecular complexity index is 1220. The number of aromatic hydroxyl groups is 1. The van der Waals surface area contributed by atoms with Crippen LogP contribution in [0.1, 0.15) is 11.1 Å². The van der Waals surface area contributed by atoms with Crippen LogP contribution in [0, 0.1) is 0 Å². The fraction of sp³-hybridized carbons (Fsp3) is 0.100. The van der Waals surface area contributed by atoms with Crippen LogP contribution in [0.25, 0.3) is 27.4 Å². The van der Waals surface area contributed by atoms with Gasteiger partial charge >= 0.3 is 0 Å². The number of methoxy groups -OCH3 is 1. The standard InChI is InChI=1S/C20H15N3O3S/c1-25-20-22-23-11-15(21-19(23)27-20)17-10-14-16(26-17)8-7-13(18(14)24)9-12-5-3-2-4-6-12/h2-8,10-11,24H,9H2,1H3. The number of hydrogen-bond acceptors (Lipinski definition) is 6. The molecule has 5 rings (SSSR count). The van der Waals surface area contributed by atoms with E-state index in [4.69, 9.17) is 9.15 Å². The van der Waals surface area contributed by atoms with Crippen LogP contribution >= 0.6 is 11.3 Å². The van der Waals surface area contributed by atoms with Gasteiger partial charge in [0.1, 0.15) is 17.0 Å². The normalized spacial score (nSPS) is 11.4. The summed E-state index contributed by atoms with van der Waals surface area (Å²) in [5.74, 6) is 0.834. The molecule has 0 saturated heterocycles. The highest BCUT2D eigenvalue weighted by Gasteiger charge is 2.16. The number of rotatable bonds is 4. The van der Waals surface area contributed by atoms with Gasteiger partial charge in [0.15, 0.2) is 5.76 Å². The Hall–Kier alpha value is -3.32. The third kappa shape index (κ3) is 2.72. The van der Waals surface area contributed by atoms with Crippen LogP contribution in [0.5, 0.6) is 10.9 Å². The van der Waals surface area contributed by atoms with Crippen LogP contribution in [0.2, 0.25) is 0 Å². The fourth-order valence-electron chi connectivity index (χ4n) is 3.11. The molecule has 0 bridgehead atoms. The van der Waals surface area contributed by atoms with Crippen molar-refractivity contribution >= 4 is 27.3 Å². The molecule has 0 saturated carbocycles. The third-order valence-electron chi connectivity index (χ3n) is 4.45. The number of fused-ring (bicyclic) bond motifs is 2. The van der Waals surface area contributed by atoms with E-state index in [1.807, 2.05) is 48.5 Å². The zero-order chi connectivity index (χ0) is 18.4. The van der Waals surface area contributed by atoms with Gasteiger partial charge in [-0.25, -0.2) is 9.50 Å². The molecule has 2 aromatic carbocycles. The van der Waals surface area contributed by atoms with Gasteiger partial charge in [-0.1, -0.05) is 36.4 Å². The summed E-state index contributed by atoms with van der Waals surface area (Å²) >= 11 is 1.35. The number of phenolic OH excluding ortho intramolecular Hbond substituents is 1. The molecule has 0 amide bonds.